The first-order valence-corrected chi connectivity index (χ1v) is 33.0. The quantitative estimate of drug-likeness (QED) is 0.0261. The van der Waals surface area contributed by atoms with Gasteiger partial charge in [-0.15, -0.1) is 0 Å². The molecule has 1 atom stereocenters. The van der Waals surface area contributed by atoms with Crippen LogP contribution in [0.15, 0.2) is 122 Å². The van der Waals surface area contributed by atoms with Gasteiger partial charge < -0.3 is 14.2 Å². The average molecular weight is 1100 g/mol. The van der Waals surface area contributed by atoms with Crippen LogP contribution in [0.25, 0.3) is 0 Å². The van der Waals surface area contributed by atoms with E-state index in [9.17, 15) is 14.4 Å². The highest BCUT2D eigenvalue weighted by molar-refractivity contribution is 5.71. The standard InChI is InChI=1S/C73H122O6/c1-4-7-10-13-16-19-22-25-28-30-31-32-33-34-35-36-37-38-39-40-41-43-45-48-51-54-57-60-63-66-72(75)78-69-70(68-77-71(74)65-62-59-56-53-50-47-44-27-24-21-18-15-12-9-6-3)79-73(76)67-64-61-58-55-52-49-46-42-29-26-23-20-17-14-11-8-5-2/h7,10,16,19,25,27-28,31-32,34-35,37-38,40-41,44-45,48,54,57,70H,4-6,8-9,11-15,17-18,20-24,26,29-30,33,36,39,42-43,46-47,49-53,55-56,58-69H2,1-3H3/b10-7-,19-16-,28-25-,32-31-,35-34-,38-37-,41-40-,44-27-,48-45-,57-54-. The zero-order chi connectivity index (χ0) is 57.1. The fourth-order valence-corrected chi connectivity index (χ4v) is 9.03. The van der Waals surface area contributed by atoms with E-state index in [2.05, 4.69) is 142 Å². The van der Waals surface area contributed by atoms with Crippen molar-refractivity contribution in [2.75, 3.05) is 13.2 Å². The third-order valence-corrected chi connectivity index (χ3v) is 14.0. The fourth-order valence-electron chi connectivity index (χ4n) is 9.03. The summed E-state index contributed by atoms with van der Waals surface area (Å²) in [4.78, 5) is 38.3. The molecule has 1 unspecified atom stereocenters. The molecule has 0 saturated carbocycles. The van der Waals surface area contributed by atoms with Crippen LogP contribution in [-0.4, -0.2) is 37.2 Å². The largest absolute Gasteiger partial charge is 0.462 e. The molecule has 0 bridgehead atoms. The third kappa shape index (κ3) is 64.5. The van der Waals surface area contributed by atoms with Crippen molar-refractivity contribution in [1.82, 2.24) is 0 Å². The number of hydrogen-bond acceptors (Lipinski definition) is 6. The van der Waals surface area contributed by atoms with E-state index < -0.39 is 6.10 Å². The van der Waals surface area contributed by atoms with Crippen molar-refractivity contribution in [1.29, 1.82) is 0 Å². The van der Waals surface area contributed by atoms with Gasteiger partial charge in [0.2, 0.25) is 0 Å². The minimum atomic E-state index is -0.807. The van der Waals surface area contributed by atoms with Crippen LogP contribution in [-0.2, 0) is 28.6 Å². The van der Waals surface area contributed by atoms with Crippen molar-refractivity contribution < 1.29 is 28.6 Å². The Morgan fingerprint density at radius 3 is 0.835 bits per heavy atom. The van der Waals surface area contributed by atoms with Gasteiger partial charge in [0.05, 0.1) is 0 Å². The summed E-state index contributed by atoms with van der Waals surface area (Å²) in [7, 11) is 0. The van der Waals surface area contributed by atoms with Crippen LogP contribution in [0.5, 0.6) is 0 Å². The van der Waals surface area contributed by atoms with Crippen molar-refractivity contribution in [2.24, 2.45) is 0 Å². The average Bonchev–Trinajstić information content (AvgIpc) is 3.45. The minimum absolute atomic E-state index is 0.0997. The molecule has 0 aliphatic rings. The molecule has 0 spiro atoms. The predicted molar refractivity (Wildman–Crippen MR) is 343 cm³/mol. The molecule has 0 aromatic rings. The summed E-state index contributed by atoms with van der Waals surface area (Å²) in [5.74, 6) is -0.961. The maximum atomic E-state index is 12.9. The molecule has 0 N–H and O–H groups in total. The van der Waals surface area contributed by atoms with Crippen LogP contribution in [0, 0.1) is 0 Å². The lowest BCUT2D eigenvalue weighted by molar-refractivity contribution is -0.167. The molecule has 0 amide bonds. The lowest BCUT2D eigenvalue weighted by atomic mass is 10.0. The molecule has 6 nitrogen and oxygen atoms in total. The normalized spacial score (nSPS) is 12.9. The van der Waals surface area contributed by atoms with Gasteiger partial charge in [-0.3, -0.25) is 14.4 Å². The highest BCUT2D eigenvalue weighted by Gasteiger charge is 2.19. The van der Waals surface area contributed by atoms with E-state index in [4.69, 9.17) is 14.2 Å². The van der Waals surface area contributed by atoms with Gasteiger partial charge in [-0.1, -0.05) is 296 Å². The molecule has 0 heterocycles. The lowest BCUT2D eigenvalue weighted by Gasteiger charge is -2.18. The van der Waals surface area contributed by atoms with Crippen LogP contribution in [0.4, 0.5) is 0 Å². The Bertz CT molecular complexity index is 1640. The molecule has 79 heavy (non-hydrogen) atoms. The second kappa shape index (κ2) is 66.3. The summed E-state index contributed by atoms with van der Waals surface area (Å²) < 4.78 is 16.9. The summed E-state index contributed by atoms with van der Waals surface area (Å²) >= 11 is 0. The van der Waals surface area contributed by atoms with Gasteiger partial charge in [0.1, 0.15) is 13.2 Å². The minimum Gasteiger partial charge on any atom is -0.462 e. The number of carbonyl (C=O) groups excluding carboxylic acids is 3. The van der Waals surface area contributed by atoms with Crippen molar-refractivity contribution >= 4 is 17.9 Å². The van der Waals surface area contributed by atoms with Gasteiger partial charge in [0.25, 0.3) is 0 Å². The molecule has 450 valence electrons. The van der Waals surface area contributed by atoms with Crippen molar-refractivity contribution in [3.8, 4) is 0 Å². The van der Waals surface area contributed by atoms with Gasteiger partial charge in [-0.25, -0.2) is 0 Å². The summed E-state index contributed by atoms with van der Waals surface area (Å²) in [6, 6.07) is 0. The first-order valence-electron chi connectivity index (χ1n) is 33.0. The first kappa shape index (κ1) is 74.8. The molecule has 0 aliphatic carbocycles. The molecule has 0 aromatic heterocycles. The number of rotatable bonds is 59. The number of unbranched alkanes of at least 4 members (excludes halogenated alkanes) is 28. The summed E-state index contributed by atoms with van der Waals surface area (Å²) in [5, 5.41) is 0. The van der Waals surface area contributed by atoms with Gasteiger partial charge in [0.15, 0.2) is 6.10 Å². The summed E-state index contributed by atoms with van der Waals surface area (Å²) in [6.07, 6.45) is 92.1. The molecule has 0 saturated heterocycles. The van der Waals surface area contributed by atoms with E-state index in [1.54, 1.807) is 0 Å². The summed E-state index contributed by atoms with van der Waals surface area (Å²) in [5.41, 5.74) is 0. The second-order valence-electron chi connectivity index (χ2n) is 21.6. The van der Waals surface area contributed by atoms with Crippen molar-refractivity contribution in [2.45, 2.75) is 309 Å². The molecule has 0 aliphatic heterocycles. The van der Waals surface area contributed by atoms with E-state index >= 15 is 0 Å². The van der Waals surface area contributed by atoms with E-state index in [1.807, 2.05) is 0 Å². The Labute approximate surface area is 488 Å². The van der Waals surface area contributed by atoms with E-state index in [0.29, 0.717) is 19.3 Å². The van der Waals surface area contributed by atoms with Gasteiger partial charge >= 0.3 is 17.9 Å². The van der Waals surface area contributed by atoms with E-state index in [-0.39, 0.29) is 37.5 Å². The predicted octanol–water partition coefficient (Wildman–Crippen LogP) is 22.8. The fraction of sp³-hybridized carbons (Fsp3) is 0.685. The highest BCUT2D eigenvalue weighted by Crippen LogP contribution is 2.16. The van der Waals surface area contributed by atoms with Crippen LogP contribution >= 0.6 is 0 Å². The van der Waals surface area contributed by atoms with Gasteiger partial charge in [0, 0.05) is 19.3 Å². The van der Waals surface area contributed by atoms with E-state index in [0.717, 1.165) is 109 Å². The molecule has 0 rings (SSSR count). The number of allylic oxidation sites excluding steroid dienone is 20. The molecular formula is C73H122O6. The number of carbonyl (C=O) groups is 3. The summed E-state index contributed by atoms with van der Waals surface area (Å²) in [6.45, 7) is 6.49. The maximum Gasteiger partial charge on any atom is 0.306 e. The smallest absolute Gasteiger partial charge is 0.306 e. The molecular weight excluding hydrogens is 973 g/mol. The Hall–Kier alpha value is -4.19. The molecule has 0 aromatic carbocycles. The van der Waals surface area contributed by atoms with Gasteiger partial charge in [-0.05, 0) is 109 Å². The Morgan fingerprint density at radius 2 is 0.506 bits per heavy atom. The molecule has 0 radical (unpaired) electrons. The maximum absolute atomic E-state index is 12.9. The zero-order valence-corrected chi connectivity index (χ0v) is 51.6. The molecule has 0 fully saturated rings. The monoisotopic (exact) mass is 1090 g/mol. The SMILES string of the molecule is CC/C=C\C/C=C\C/C=C\C/C=C\C/C=C\C/C=C\C/C=C\C/C=C\C/C=C\CCCC(=O)OCC(COC(=O)CCCCCCC/C=C\CCCCCCCC)OC(=O)CCCCCCCCCCCCCCCCCCC. The zero-order valence-electron chi connectivity index (χ0n) is 51.6. The Balaban J connectivity index is 4.44. The van der Waals surface area contributed by atoms with Crippen LogP contribution < -0.4 is 0 Å². The molecule has 6 heteroatoms. The van der Waals surface area contributed by atoms with Gasteiger partial charge in [-0.2, -0.15) is 0 Å². The topological polar surface area (TPSA) is 78.9 Å². The van der Waals surface area contributed by atoms with E-state index in [1.165, 1.54) is 148 Å². The first-order chi connectivity index (χ1) is 39.0. The third-order valence-electron chi connectivity index (χ3n) is 14.0. The van der Waals surface area contributed by atoms with Crippen LogP contribution in [0.1, 0.15) is 303 Å². The second-order valence-corrected chi connectivity index (χ2v) is 21.6. The Kier molecular flexibility index (Phi) is 62.8. The van der Waals surface area contributed by atoms with Crippen molar-refractivity contribution in [3.05, 3.63) is 122 Å². The van der Waals surface area contributed by atoms with Crippen LogP contribution in [0.2, 0.25) is 0 Å². The van der Waals surface area contributed by atoms with Crippen LogP contribution in [0.3, 0.4) is 0 Å². The number of ether oxygens (including phenoxy) is 3. The van der Waals surface area contributed by atoms with Crippen molar-refractivity contribution in [3.63, 3.8) is 0 Å². The highest BCUT2D eigenvalue weighted by atomic mass is 16.6. The number of hydrogen-bond donors (Lipinski definition) is 0. The Morgan fingerprint density at radius 1 is 0.266 bits per heavy atom. The number of esters is 3. The lowest BCUT2D eigenvalue weighted by Crippen LogP contribution is -2.30.